The van der Waals surface area contributed by atoms with Crippen LogP contribution in [0.2, 0.25) is 5.02 Å². The molecule has 33 heavy (non-hydrogen) atoms. The highest BCUT2D eigenvalue weighted by atomic mass is 35.5. The molecule has 3 amide bonds. The minimum Gasteiger partial charge on any atom is -0.292 e. The zero-order valence-electron chi connectivity index (χ0n) is 16.8. The first-order valence-corrected chi connectivity index (χ1v) is 9.98. The van der Waals surface area contributed by atoms with E-state index in [4.69, 9.17) is 11.6 Å². The Bertz CT molecular complexity index is 1290. The van der Waals surface area contributed by atoms with Gasteiger partial charge in [0.05, 0.1) is 16.1 Å². The Morgan fingerprint density at radius 3 is 2.06 bits per heavy atom. The summed E-state index contributed by atoms with van der Waals surface area (Å²) in [5.74, 6) is -3.05. The van der Waals surface area contributed by atoms with Crippen LogP contribution in [0.15, 0.2) is 72.8 Å². The van der Waals surface area contributed by atoms with Gasteiger partial charge in [-0.3, -0.25) is 29.3 Å². The molecule has 1 heterocycles. The molecule has 0 N–H and O–H groups in total. The number of hydrogen-bond donors (Lipinski definition) is 0. The highest BCUT2D eigenvalue weighted by molar-refractivity contribution is 6.30. The van der Waals surface area contributed by atoms with Crippen LogP contribution >= 0.6 is 11.6 Å². The fourth-order valence-electron chi connectivity index (χ4n) is 3.39. The minimum atomic E-state index is -0.921. The third-order valence-electron chi connectivity index (χ3n) is 5.01. The van der Waals surface area contributed by atoms with Gasteiger partial charge >= 0.3 is 0 Å². The van der Waals surface area contributed by atoms with Crippen LogP contribution in [-0.4, -0.2) is 45.0 Å². The van der Waals surface area contributed by atoms with Crippen molar-refractivity contribution in [2.45, 2.75) is 0 Å². The lowest BCUT2D eigenvalue weighted by Gasteiger charge is -2.29. The number of ketones is 1. The van der Waals surface area contributed by atoms with E-state index >= 15 is 0 Å². The highest BCUT2D eigenvalue weighted by Crippen LogP contribution is 2.26. The fourth-order valence-corrected chi connectivity index (χ4v) is 3.52. The van der Waals surface area contributed by atoms with Crippen LogP contribution in [0.3, 0.4) is 0 Å². The molecule has 9 nitrogen and oxygen atoms in total. The second-order valence-corrected chi connectivity index (χ2v) is 7.50. The van der Waals surface area contributed by atoms with Gasteiger partial charge in [0.15, 0.2) is 5.78 Å². The van der Waals surface area contributed by atoms with Crippen LogP contribution in [0.25, 0.3) is 0 Å². The molecule has 0 aromatic heterocycles. The number of nitro benzene ring substituents is 1. The number of nitro groups is 1. The van der Waals surface area contributed by atoms with E-state index in [0.29, 0.717) is 15.0 Å². The summed E-state index contributed by atoms with van der Waals surface area (Å²) in [6.07, 6.45) is 0. The number of carbonyl (C=O) groups is 4. The van der Waals surface area contributed by atoms with Crippen LogP contribution in [0.4, 0.5) is 5.69 Å². The zero-order valence-corrected chi connectivity index (χ0v) is 17.6. The molecule has 164 valence electrons. The van der Waals surface area contributed by atoms with E-state index < -0.39 is 35.0 Å². The number of amides is 3. The first kappa shape index (κ1) is 21.8. The van der Waals surface area contributed by atoms with Crippen LogP contribution in [0, 0.1) is 10.1 Å². The van der Waals surface area contributed by atoms with Gasteiger partial charge in [-0.2, -0.15) is 5.01 Å². The van der Waals surface area contributed by atoms with Gasteiger partial charge < -0.3 is 0 Å². The molecule has 0 fully saturated rings. The van der Waals surface area contributed by atoms with Crippen molar-refractivity contribution in [1.82, 2.24) is 10.0 Å². The van der Waals surface area contributed by atoms with Crippen molar-refractivity contribution in [2.24, 2.45) is 0 Å². The molecule has 1 aliphatic heterocycles. The van der Waals surface area contributed by atoms with Gasteiger partial charge in [-0.05, 0) is 42.5 Å². The van der Waals surface area contributed by atoms with Gasteiger partial charge in [0.2, 0.25) is 0 Å². The average molecular weight is 464 g/mol. The Hall–Kier alpha value is -4.37. The van der Waals surface area contributed by atoms with Crippen molar-refractivity contribution in [3.63, 3.8) is 0 Å². The SMILES string of the molecule is O=C(CN(C(=O)c1cccc([N+](=O)[O-])c1)N1C(=O)c2ccccc2C1=O)c1ccc(Cl)cc1. The van der Waals surface area contributed by atoms with E-state index in [2.05, 4.69) is 0 Å². The van der Waals surface area contributed by atoms with Crippen LogP contribution < -0.4 is 0 Å². The monoisotopic (exact) mass is 463 g/mol. The number of Topliss-reactive ketones (excluding diaryl/α,β-unsaturated/α-hetero) is 1. The van der Waals surface area contributed by atoms with Crippen molar-refractivity contribution in [3.05, 3.63) is 110 Å². The molecule has 0 bridgehead atoms. The highest BCUT2D eigenvalue weighted by Gasteiger charge is 2.42. The first-order chi connectivity index (χ1) is 15.8. The maximum Gasteiger partial charge on any atom is 0.280 e. The summed E-state index contributed by atoms with van der Waals surface area (Å²) in [5.41, 5.74) is -0.152. The molecule has 0 spiro atoms. The van der Waals surface area contributed by atoms with Gasteiger partial charge in [0.1, 0.15) is 6.54 Å². The number of non-ortho nitro benzene ring substituents is 1. The van der Waals surface area contributed by atoms with E-state index in [-0.39, 0.29) is 27.9 Å². The number of hydrogen-bond acceptors (Lipinski definition) is 6. The Labute approximate surface area is 191 Å². The predicted octanol–water partition coefficient (Wildman–Crippen LogP) is 3.78. The maximum absolute atomic E-state index is 13.4. The van der Waals surface area contributed by atoms with Gasteiger partial charge in [0.25, 0.3) is 23.4 Å². The summed E-state index contributed by atoms with van der Waals surface area (Å²) < 4.78 is 0. The van der Waals surface area contributed by atoms with E-state index in [1.807, 2.05) is 0 Å². The summed E-state index contributed by atoms with van der Waals surface area (Å²) in [7, 11) is 0. The van der Waals surface area contributed by atoms with E-state index in [0.717, 1.165) is 6.07 Å². The number of nitrogens with zero attached hydrogens (tertiary/aromatic N) is 3. The standard InChI is InChI=1S/C23H14ClN3O6/c24-16-10-8-14(9-11-16)20(28)13-25(21(29)15-4-3-5-17(12-15)27(32)33)26-22(30)18-6-1-2-7-19(18)23(26)31/h1-12H,13H2. The van der Waals surface area contributed by atoms with Gasteiger partial charge in [-0.25, -0.2) is 5.01 Å². The van der Waals surface area contributed by atoms with Gasteiger partial charge in [-0.15, -0.1) is 0 Å². The minimum absolute atomic E-state index is 0.0817. The first-order valence-electron chi connectivity index (χ1n) is 9.60. The van der Waals surface area contributed by atoms with Crippen molar-refractivity contribution < 1.29 is 24.1 Å². The third kappa shape index (κ3) is 4.09. The van der Waals surface area contributed by atoms with Crippen molar-refractivity contribution in [2.75, 3.05) is 6.54 Å². The van der Waals surface area contributed by atoms with Gasteiger partial charge in [-0.1, -0.05) is 29.8 Å². The molecular weight excluding hydrogens is 450 g/mol. The Balaban J connectivity index is 1.75. The molecular formula is C23H14ClN3O6. The molecule has 0 unspecified atom stereocenters. The number of hydrazine groups is 1. The molecule has 3 aromatic rings. The van der Waals surface area contributed by atoms with Crippen molar-refractivity contribution in [3.8, 4) is 0 Å². The lowest BCUT2D eigenvalue weighted by atomic mass is 10.1. The number of halogens is 1. The van der Waals surface area contributed by atoms with E-state index in [1.54, 1.807) is 12.1 Å². The predicted molar refractivity (Wildman–Crippen MR) is 117 cm³/mol. The van der Waals surface area contributed by atoms with Crippen molar-refractivity contribution >= 4 is 40.8 Å². The lowest BCUT2D eigenvalue weighted by Crippen LogP contribution is -2.51. The third-order valence-corrected chi connectivity index (χ3v) is 5.26. The largest absolute Gasteiger partial charge is 0.292 e. The summed E-state index contributed by atoms with van der Waals surface area (Å²) >= 11 is 5.86. The molecule has 3 aromatic carbocycles. The summed E-state index contributed by atoms with van der Waals surface area (Å²) in [4.78, 5) is 62.7. The second kappa shape index (κ2) is 8.64. The Kier molecular flexibility index (Phi) is 5.72. The topological polar surface area (TPSA) is 118 Å². The van der Waals surface area contributed by atoms with E-state index in [9.17, 15) is 29.3 Å². The summed E-state index contributed by atoms with van der Waals surface area (Å²) in [6, 6.07) is 16.7. The summed E-state index contributed by atoms with van der Waals surface area (Å²) in [5, 5.41) is 12.8. The average Bonchev–Trinajstić information content (AvgIpc) is 3.07. The fraction of sp³-hybridized carbons (Fsp3) is 0.0435. The lowest BCUT2D eigenvalue weighted by molar-refractivity contribution is -0.384. The molecule has 0 atom stereocenters. The summed E-state index contributed by atoms with van der Waals surface area (Å²) in [6.45, 7) is -0.658. The van der Waals surface area contributed by atoms with Crippen LogP contribution in [-0.2, 0) is 0 Å². The number of benzene rings is 3. The smallest absolute Gasteiger partial charge is 0.280 e. The molecule has 0 saturated carbocycles. The van der Waals surface area contributed by atoms with Gasteiger partial charge in [0, 0.05) is 28.3 Å². The Morgan fingerprint density at radius 2 is 1.48 bits per heavy atom. The number of imide groups is 1. The quantitative estimate of drug-likeness (QED) is 0.237. The van der Waals surface area contributed by atoms with E-state index in [1.165, 1.54) is 54.6 Å². The molecule has 0 saturated heterocycles. The van der Waals surface area contributed by atoms with Crippen molar-refractivity contribution in [1.29, 1.82) is 0 Å². The molecule has 0 radical (unpaired) electrons. The molecule has 10 heteroatoms. The second-order valence-electron chi connectivity index (χ2n) is 7.07. The Morgan fingerprint density at radius 1 is 0.879 bits per heavy atom. The maximum atomic E-state index is 13.4. The van der Waals surface area contributed by atoms with Crippen LogP contribution in [0.1, 0.15) is 41.4 Å². The van der Waals surface area contributed by atoms with Crippen LogP contribution in [0.5, 0.6) is 0 Å². The number of fused-ring (bicyclic) bond motifs is 1. The normalized spacial score (nSPS) is 12.5. The zero-order chi connectivity index (χ0) is 23.7. The molecule has 1 aliphatic rings. The number of rotatable bonds is 6. The molecule has 4 rings (SSSR count). The molecule has 0 aliphatic carbocycles. The number of carbonyl (C=O) groups excluding carboxylic acids is 4.